The average Bonchev–Trinajstić information content (AvgIpc) is 3.13. The Bertz CT molecular complexity index is 1040. The van der Waals surface area contributed by atoms with Crippen LogP contribution in [0, 0.1) is 0 Å². The standard InChI is InChI=1S/C21H31ClN6O4S/c1-13(2)32-18(19-23-11-16(22)12-24-19)14(3)33(29,30)27-21-26-25-20(15-5-4-6-15)28(21)17-7-9-31-10-8-17/h11-15,17-18H,4-10H2,1-3H3,(H,26,27). The van der Waals surface area contributed by atoms with Gasteiger partial charge in [0.2, 0.25) is 16.0 Å². The molecule has 0 radical (unpaired) electrons. The molecule has 2 unspecified atom stereocenters. The summed E-state index contributed by atoms with van der Waals surface area (Å²) in [5.74, 6) is 1.67. The lowest BCUT2D eigenvalue weighted by molar-refractivity contribution is 0.00154. The van der Waals surface area contributed by atoms with Gasteiger partial charge in [-0.25, -0.2) is 18.4 Å². The zero-order chi connectivity index (χ0) is 23.6. The second-order valence-corrected chi connectivity index (χ2v) is 11.4. The van der Waals surface area contributed by atoms with E-state index in [-0.39, 0.29) is 23.9 Å². The first-order valence-corrected chi connectivity index (χ1v) is 13.4. The lowest BCUT2D eigenvalue weighted by atomic mass is 9.84. The van der Waals surface area contributed by atoms with Gasteiger partial charge >= 0.3 is 0 Å². The first kappa shape index (κ1) is 24.3. The summed E-state index contributed by atoms with van der Waals surface area (Å²) in [6.45, 7) is 6.52. The van der Waals surface area contributed by atoms with Gasteiger partial charge in [-0.2, -0.15) is 0 Å². The normalized spacial score (nSPS) is 19.9. The largest absolute Gasteiger partial charge is 0.381 e. The molecule has 1 aliphatic carbocycles. The fourth-order valence-electron chi connectivity index (χ4n) is 4.15. The monoisotopic (exact) mass is 498 g/mol. The molecule has 0 amide bonds. The summed E-state index contributed by atoms with van der Waals surface area (Å²) >= 11 is 5.91. The van der Waals surface area contributed by atoms with E-state index in [1.807, 2.05) is 18.4 Å². The molecule has 10 nitrogen and oxygen atoms in total. The maximum atomic E-state index is 13.5. The fourth-order valence-corrected chi connectivity index (χ4v) is 5.34. The van der Waals surface area contributed by atoms with Crippen LogP contribution in [-0.4, -0.2) is 57.7 Å². The van der Waals surface area contributed by atoms with Gasteiger partial charge in [0.05, 0.1) is 11.1 Å². The van der Waals surface area contributed by atoms with E-state index in [9.17, 15) is 8.42 Å². The molecule has 33 heavy (non-hydrogen) atoms. The maximum absolute atomic E-state index is 13.5. The molecule has 1 saturated heterocycles. The van der Waals surface area contributed by atoms with Gasteiger partial charge in [-0.05, 0) is 46.5 Å². The molecular weight excluding hydrogens is 468 g/mol. The minimum Gasteiger partial charge on any atom is -0.381 e. The minimum absolute atomic E-state index is 0.0969. The van der Waals surface area contributed by atoms with Crippen molar-refractivity contribution < 1.29 is 17.9 Å². The smallest absolute Gasteiger partial charge is 0.240 e. The van der Waals surface area contributed by atoms with Crippen molar-refractivity contribution in [2.75, 3.05) is 17.9 Å². The summed E-state index contributed by atoms with van der Waals surface area (Å²) in [4.78, 5) is 8.41. The lowest BCUT2D eigenvalue weighted by Gasteiger charge is -2.31. The summed E-state index contributed by atoms with van der Waals surface area (Å²) < 4.78 is 43.1. The number of nitrogens with zero attached hydrogens (tertiary/aromatic N) is 5. The maximum Gasteiger partial charge on any atom is 0.240 e. The Morgan fingerprint density at radius 2 is 1.79 bits per heavy atom. The van der Waals surface area contributed by atoms with Gasteiger partial charge in [-0.3, -0.25) is 9.29 Å². The van der Waals surface area contributed by atoms with Crippen molar-refractivity contribution in [1.29, 1.82) is 0 Å². The molecule has 0 bridgehead atoms. The number of hydrogen-bond acceptors (Lipinski definition) is 8. The molecule has 0 spiro atoms. The van der Waals surface area contributed by atoms with Gasteiger partial charge in [-0.1, -0.05) is 18.0 Å². The SMILES string of the molecule is CC(C)OC(c1ncc(Cl)cn1)C(C)S(=O)(=O)Nc1nnc(C2CCC2)n1C1CCOCC1. The Hall–Kier alpha value is -1.82. The summed E-state index contributed by atoms with van der Waals surface area (Å²) in [6.07, 6.45) is 6.57. The van der Waals surface area contributed by atoms with E-state index >= 15 is 0 Å². The third kappa shape index (κ3) is 5.47. The van der Waals surface area contributed by atoms with Gasteiger partial charge in [0.25, 0.3) is 0 Å². The number of sulfonamides is 1. The molecule has 2 aromatic rings. The van der Waals surface area contributed by atoms with Gasteiger partial charge < -0.3 is 9.47 Å². The highest BCUT2D eigenvalue weighted by atomic mass is 35.5. The number of hydrogen-bond donors (Lipinski definition) is 1. The van der Waals surface area contributed by atoms with Crippen LogP contribution in [0.15, 0.2) is 12.4 Å². The van der Waals surface area contributed by atoms with E-state index in [0.29, 0.717) is 24.2 Å². The Kier molecular flexibility index (Phi) is 7.52. The summed E-state index contributed by atoms with van der Waals surface area (Å²) in [5, 5.41) is 8.02. The van der Waals surface area contributed by atoms with E-state index in [1.54, 1.807) is 6.92 Å². The van der Waals surface area contributed by atoms with Gasteiger partial charge in [0.15, 0.2) is 5.82 Å². The molecule has 12 heteroatoms. The van der Waals surface area contributed by atoms with Crippen LogP contribution in [0.2, 0.25) is 5.02 Å². The van der Waals surface area contributed by atoms with Crippen molar-refractivity contribution in [2.24, 2.45) is 0 Å². The predicted molar refractivity (Wildman–Crippen MR) is 124 cm³/mol. The molecule has 2 aliphatic rings. The van der Waals surface area contributed by atoms with Crippen LogP contribution < -0.4 is 4.72 Å². The zero-order valence-electron chi connectivity index (χ0n) is 19.1. The molecular formula is C21H31ClN6O4S. The second-order valence-electron chi connectivity index (χ2n) is 8.94. The highest BCUT2D eigenvalue weighted by molar-refractivity contribution is 7.93. The number of ether oxygens (including phenoxy) is 2. The van der Waals surface area contributed by atoms with Gasteiger partial charge in [0.1, 0.15) is 17.2 Å². The van der Waals surface area contributed by atoms with Crippen molar-refractivity contribution in [3.8, 4) is 0 Å². The minimum atomic E-state index is -3.92. The number of aromatic nitrogens is 5. The Morgan fingerprint density at radius 1 is 1.12 bits per heavy atom. The lowest BCUT2D eigenvalue weighted by Crippen LogP contribution is -2.35. The summed E-state index contributed by atoms with van der Waals surface area (Å²) in [6, 6.07) is 0.0969. The van der Waals surface area contributed by atoms with Gasteiger partial charge in [-0.15, -0.1) is 10.2 Å². The summed E-state index contributed by atoms with van der Waals surface area (Å²) in [5.41, 5.74) is 0. The van der Waals surface area contributed by atoms with E-state index < -0.39 is 21.4 Å². The molecule has 3 heterocycles. The molecule has 2 fully saturated rings. The van der Waals surface area contributed by atoms with Crippen molar-refractivity contribution >= 4 is 27.6 Å². The van der Waals surface area contributed by atoms with E-state index in [4.69, 9.17) is 21.1 Å². The first-order valence-electron chi connectivity index (χ1n) is 11.4. The number of anilines is 1. The van der Waals surface area contributed by atoms with E-state index in [2.05, 4.69) is 24.9 Å². The fraction of sp³-hybridized carbons (Fsp3) is 0.714. The van der Waals surface area contributed by atoms with Crippen LogP contribution in [0.1, 0.15) is 82.6 Å². The first-order chi connectivity index (χ1) is 15.8. The number of nitrogens with one attached hydrogen (secondary N) is 1. The third-order valence-electron chi connectivity index (χ3n) is 6.21. The van der Waals surface area contributed by atoms with E-state index in [0.717, 1.165) is 37.9 Å². The van der Waals surface area contributed by atoms with Crippen molar-refractivity contribution in [2.45, 2.75) is 82.3 Å². The third-order valence-corrected chi connectivity index (χ3v) is 8.10. The van der Waals surface area contributed by atoms with Gasteiger partial charge in [0, 0.05) is 37.6 Å². The molecule has 1 aliphatic heterocycles. The van der Waals surface area contributed by atoms with Crippen molar-refractivity contribution in [1.82, 2.24) is 24.7 Å². The molecule has 2 atom stereocenters. The van der Waals surface area contributed by atoms with Crippen LogP contribution >= 0.6 is 11.6 Å². The van der Waals surface area contributed by atoms with Crippen LogP contribution in [0.25, 0.3) is 0 Å². The Labute approximate surface area is 199 Å². The van der Waals surface area contributed by atoms with Crippen LogP contribution in [0.3, 0.4) is 0 Å². The molecule has 1 N–H and O–H groups in total. The molecule has 1 saturated carbocycles. The highest BCUT2D eigenvalue weighted by Crippen LogP contribution is 2.39. The van der Waals surface area contributed by atoms with Crippen LogP contribution in [0.4, 0.5) is 5.95 Å². The summed E-state index contributed by atoms with van der Waals surface area (Å²) in [7, 11) is -3.92. The predicted octanol–water partition coefficient (Wildman–Crippen LogP) is 3.64. The van der Waals surface area contributed by atoms with Crippen molar-refractivity contribution in [3.05, 3.63) is 29.1 Å². The molecule has 0 aromatic carbocycles. The second kappa shape index (κ2) is 10.2. The quantitative estimate of drug-likeness (QED) is 0.556. The average molecular weight is 499 g/mol. The van der Waals surface area contributed by atoms with Crippen molar-refractivity contribution in [3.63, 3.8) is 0 Å². The Balaban J connectivity index is 1.62. The number of halogens is 1. The topological polar surface area (TPSA) is 121 Å². The molecule has 4 rings (SSSR count). The molecule has 2 aromatic heterocycles. The number of rotatable bonds is 9. The highest BCUT2D eigenvalue weighted by Gasteiger charge is 2.37. The van der Waals surface area contributed by atoms with Crippen LogP contribution in [0.5, 0.6) is 0 Å². The zero-order valence-corrected chi connectivity index (χ0v) is 20.7. The van der Waals surface area contributed by atoms with Crippen LogP contribution in [-0.2, 0) is 19.5 Å². The van der Waals surface area contributed by atoms with E-state index in [1.165, 1.54) is 12.4 Å². The molecule has 182 valence electrons. The Morgan fingerprint density at radius 3 is 2.36 bits per heavy atom.